The Morgan fingerprint density at radius 2 is 2.17 bits per heavy atom. The van der Waals surface area contributed by atoms with Gasteiger partial charge in [-0.2, -0.15) is 0 Å². The van der Waals surface area contributed by atoms with Gasteiger partial charge in [0.2, 0.25) is 5.95 Å². The average Bonchev–Trinajstić information content (AvgIpc) is 2.78. The molecule has 2 rings (SSSR count). The molecule has 0 aliphatic heterocycles. The normalized spacial score (nSPS) is 10.9. The summed E-state index contributed by atoms with van der Waals surface area (Å²) in [6.45, 7) is 7.37. The van der Waals surface area contributed by atoms with Crippen molar-refractivity contribution >= 4 is 21.9 Å². The first kappa shape index (κ1) is 13.1. The highest BCUT2D eigenvalue weighted by Crippen LogP contribution is 2.26. The molecule has 3 nitrogen and oxygen atoms in total. The largest absolute Gasteiger partial charge is 0.355 e. The van der Waals surface area contributed by atoms with Crippen LogP contribution in [-0.4, -0.2) is 16.1 Å². The summed E-state index contributed by atoms with van der Waals surface area (Å²) in [5.74, 6) is 1.48. The molecule has 0 bridgehead atoms. The van der Waals surface area contributed by atoms with Crippen molar-refractivity contribution in [2.24, 2.45) is 5.92 Å². The van der Waals surface area contributed by atoms with E-state index in [-0.39, 0.29) is 0 Å². The first-order valence-corrected chi connectivity index (χ1v) is 6.91. The van der Waals surface area contributed by atoms with Crippen molar-refractivity contribution in [2.45, 2.75) is 20.8 Å². The van der Waals surface area contributed by atoms with Crippen molar-refractivity contribution in [2.75, 3.05) is 11.9 Å². The van der Waals surface area contributed by atoms with E-state index in [4.69, 9.17) is 0 Å². The van der Waals surface area contributed by atoms with Crippen LogP contribution in [0.3, 0.4) is 0 Å². The smallest absolute Gasteiger partial charge is 0.207 e. The number of halogens is 1. The summed E-state index contributed by atoms with van der Waals surface area (Å²) in [4.78, 5) is 4.37. The van der Waals surface area contributed by atoms with Gasteiger partial charge in [0.05, 0.1) is 5.69 Å². The van der Waals surface area contributed by atoms with Gasteiger partial charge in [0.25, 0.3) is 0 Å². The third-order valence-electron chi connectivity index (χ3n) is 2.74. The van der Waals surface area contributed by atoms with Crippen LogP contribution < -0.4 is 5.32 Å². The van der Waals surface area contributed by atoms with Crippen LogP contribution >= 0.6 is 15.9 Å². The lowest BCUT2D eigenvalue weighted by molar-refractivity contribution is 0.683. The van der Waals surface area contributed by atoms with Crippen LogP contribution in [0, 0.1) is 12.8 Å². The molecule has 1 heterocycles. The quantitative estimate of drug-likeness (QED) is 0.925. The zero-order valence-corrected chi connectivity index (χ0v) is 12.5. The van der Waals surface area contributed by atoms with E-state index in [1.54, 1.807) is 0 Å². The topological polar surface area (TPSA) is 29.9 Å². The third kappa shape index (κ3) is 2.75. The molecular formula is C14H18BrN3. The molecule has 0 unspecified atom stereocenters. The minimum absolute atomic E-state index is 0.594. The molecule has 18 heavy (non-hydrogen) atoms. The summed E-state index contributed by atoms with van der Waals surface area (Å²) in [7, 11) is 0. The van der Waals surface area contributed by atoms with E-state index in [0.29, 0.717) is 5.92 Å². The SMILES string of the molecule is Cc1cccc(-n2ccnc2NCC(C)C)c1Br. The lowest BCUT2D eigenvalue weighted by Gasteiger charge is -2.13. The summed E-state index contributed by atoms with van der Waals surface area (Å²) >= 11 is 3.64. The van der Waals surface area contributed by atoms with Gasteiger partial charge < -0.3 is 5.32 Å². The molecule has 4 heteroatoms. The first-order valence-electron chi connectivity index (χ1n) is 6.12. The number of nitrogens with one attached hydrogen (secondary N) is 1. The molecule has 1 N–H and O–H groups in total. The molecule has 0 aliphatic carbocycles. The van der Waals surface area contributed by atoms with Gasteiger partial charge in [0.1, 0.15) is 0 Å². The Kier molecular flexibility index (Phi) is 4.07. The van der Waals surface area contributed by atoms with Gasteiger partial charge >= 0.3 is 0 Å². The molecule has 2 aromatic rings. The molecule has 0 saturated carbocycles. The number of benzene rings is 1. The molecule has 0 atom stereocenters. The molecule has 1 aromatic carbocycles. The summed E-state index contributed by atoms with van der Waals surface area (Å²) in [5, 5.41) is 3.37. The third-order valence-corrected chi connectivity index (χ3v) is 3.77. The van der Waals surface area contributed by atoms with Gasteiger partial charge in [0.15, 0.2) is 0 Å². The fraction of sp³-hybridized carbons (Fsp3) is 0.357. The van der Waals surface area contributed by atoms with Crippen LogP contribution in [0.2, 0.25) is 0 Å². The second-order valence-corrected chi connectivity index (χ2v) is 5.60. The van der Waals surface area contributed by atoms with Crippen molar-refractivity contribution < 1.29 is 0 Å². The van der Waals surface area contributed by atoms with Crippen LogP contribution in [0.4, 0.5) is 5.95 Å². The number of rotatable bonds is 4. The zero-order chi connectivity index (χ0) is 13.1. The highest BCUT2D eigenvalue weighted by molar-refractivity contribution is 9.10. The predicted molar refractivity (Wildman–Crippen MR) is 79.3 cm³/mol. The Hall–Kier alpha value is -1.29. The molecule has 1 aromatic heterocycles. The van der Waals surface area contributed by atoms with Gasteiger partial charge in [0, 0.05) is 23.4 Å². The van der Waals surface area contributed by atoms with Crippen molar-refractivity contribution in [3.63, 3.8) is 0 Å². The number of nitrogens with zero attached hydrogens (tertiary/aromatic N) is 2. The molecule has 0 radical (unpaired) electrons. The number of aryl methyl sites for hydroxylation is 1. The number of hydrogen-bond acceptors (Lipinski definition) is 2. The summed E-state index contributed by atoms with van der Waals surface area (Å²) in [6.07, 6.45) is 3.79. The lowest BCUT2D eigenvalue weighted by Crippen LogP contribution is -2.12. The monoisotopic (exact) mass is 307 g/mol. The number of hydrogen-bond donors (Lipinski definition) is 1. The standard InChI is InChI=1S/C14H18BrN3/c1-10(2)9-17-14-16-7-8-18(14)12-6-4-5-11(3)13(12)15/h4-8,10H,9H2,1-3H3,(H,16,17). The van der Waals surface area contributed by atoms with Crippen molar-refractivity contribution in [3.05, 3.63) is 40.6 Å². The summed E-state index contributed by atoms with van der Waals surface area (Å²) in [5.41, 5.74) is 2.33. The lowest BCUT2D eigenvalue weighted by atomic mass is 10.2. The maximum Gasteiger partial charge on any atom is 0.207 e. The van der Waals surface area contributed by atoms with E-state index in [2.05, 4.69) is 69.8 Å². The fourth-order valence-electron chi connectivity index (χ4n) is 1.74. The Bertz CT molecular complexity index is 532. The molecule has 0 saturated heterocycles. The predicted octanol–water partition coefficient (Wildman–Crippen LogP) is 4.01. The van der Waals surface area contributed by atoms with Crippen LogP contribution in [0.15, 0.2) is 35.1 Å². The minimum Gasteiger partial charge on any atom is -0.355 e. The fourth-order valence-corrected chi connectivity index (χ4v) is 2.20. The summed E-state index contributed by atoms with van der Waals surface area (Å²) in [6, 6.07) is 6.23. The first-order chi connectivity index (χ1) is 8.59. The van der Waals surface area contributed by atoms with Gasteiger partial charge in [-0.25, -0.2) is 4.98 Å². The van der Waals surface area contributed by atoms with Crippen molar-refractivity contribution in [1.29, 1.82) is 0 Å². The molecular weight excluding hydrogens is 290 g/mol. The van der Waals surface area contributed by atoms with Crippen molar-refractivity contribution in [3.8, 4) is 5.69 Å². The highest BCUT2D eigenvalue weighted by atomic mass is 79.9. The number of imidazole rings is 1. The Morgan fingerprint density at radius 1 is 1.39 bits per heavy atom. The highest BCUT2D eigenvalue weighted by Gasteiger charge is 2.09. The minimum atomic E-state index is 0.594. The molecule has 0 spiro atoms. The van der Waals surface area contributed by atoms with Crippen LogP contribution in [0.25, 0.3) is 5.69 Å². The van der Waals surface area contributed by atoms with E-state index in [9.17, 15) is 0 Å². The molecule has 0 aliphatic rings. The summed E-state index contributed by atoms with van der Waals surface area (Å²) < 4.78 is 3.18. The van der Waals surface area contributed by atoms with Gasteiger partial charge in [-0.3, -0.25) is 4.57 Å². The van der Waals surface area contributed by atoms with Gasteiger partial charge in [-0.15, -0.1) is 0 Å². The second-order valence-electron chi connectivity index (χ2n) is 4.80. The molecule has 0 amide bonds. The van der Waals surface area contributed by atoms with Gasteiger partial charge in [-0.05, 0) is 40.4 Å². The van der Waals surface area contributed by atoms with E-state index in [0.717, 1.165) is 22.7 Å². The van der Waals surface area contributed by atoms with E-state index in [1.165, 1.54) is 5.56 Å². The van der Waals surface area contributed by atoms with Crippen molar-refractivity contribution in [1.82, 2.24) is 9.55 Å². The molecule has 96 valence electrons. The maximum atomic E-state index is 4.37. The number of aromatic nitrogens is 2. The zero-order valence-electron chi connectivity index (χ0n) is 10.9. The maximum absolute atomic E-state index is 4.37. The van der Waals surface area contributed by atoms with E-state index in [1.807, 2.05) is 12.4 Å². The number of anilines is 1. The van der Waals surface area contributed by atoms with Crippen LogP contribution in [0.1, 0.15) is 19.4 Å². The van der Waals surface area contributed by atoms with E-state index >= 15 is 0 Å². The average molecular weight is 308 g/mol. The van der Waals surface area contributed by atoms with Crippen LogP contribution in [0.5, 0.6) is 0 Å². The Balaban J connectivity index is 2.33. The van der Waals surface area contributed by atoms with Crippen LogP contribution in [-0.2, 0) is 0 Å². The second kappa shape index (κ2) is 5.57. The molecule has 0 fully saturated rings. The Labute approximate surface area is 116 Å². The Morgan fingerprint density at radius 3 is 2.89 bits per heavy atom. The van der Waals surface area contributed by atoms with Gasteiger partial charge in [-0.1, -0.05) is 26.0 Å². The van der Waals surface area contributed by atoms with E-state index < -0.39 is 0 Å².